The summed E-state index contributed by atoms with van der Waals surface area (Å²) >= 11 is 0. The summed E-state index contributed by atoms with van der Waals surface area (Å²) in [6.07, 6.45) is 4.23. The van der Waals surface area contributed by atoms with Crippen LogP contribution in [0.15, 0.2) is 0 Å². The summed E-state index contributed by atoms with van der Waals surface area (Å²) < 4.78 is 0. The summed E-state index contributed by atoms with van der Waals surface area (Å²) in [5, 5.41) is 3.80. The Morgan fingerprint density at radius 2 is 2.00 bits per heavy atom. The maximum Gasteiger partial charge on any atom is 0.0121 e. The van der Waals surface area contributed by atoms with Gasteiger partial charge >= 0.3 is 0 Å². The first-order chi connectivity index (χ1) is 6.00. The van der Waals surface area contributed by atoms with E-state index in [1.54, 1.807) is 0 Å². The van der Waals surface area contributed by atoms with Crippen LogP contribution in [0.25, 0.3) is 0 Å². The highest BCUT2D eigenvalue weighted by Gasteiger charge is 2.43. The largest absolute Gasteiger partial charge is 0.311 e. The van der Waals surface area contributed by atoms with Crippen LogP contribution in [0.2, 0.25) is 0 Å². The average molecular weight is 181 g/mol. The minimum atomic E-state index is 0.562. The van der Waals surface area contributed by atoms with Crippen molar-refractivity contribution in [1.29, 1.82) is 0 Å². The lowest BCUT2D eigenvalue weighted by Crippen LogP contribution is -2.53. The van der Waals surface area contributed by atoms with Crippen LogP contribution in [0.1, 0.15) is 47.0 Å². The van der Waals surface area contributed by atoms with Gasteiger partial charge in [0.25, 0.3) is 0 Å². The van der Waals surface area contributed by atoms with E-state index >= 15 is 0 Å². The van der Waals surface area contributed by atoms with Gasteiger partial charge in [0, 0.05) is 12.1 Å². The molecule has 0 heterocycles. The SMILES string of the molecule is CC1CC1C(C)NC1CCC1(C)C. The van der Waals surface area contributed by atoms with E-state index in [-0.39, 0.29) is 0 Å². The summed E-state index contributed by atoms with van der Waals surface area (Å²) in [4.78, 5) is 0. The lowest BCUT2D eigenvalue weighted by molar-refractivity contribution is 0.0963. The molecule has 2 aliphatic carbocycles. The summed E-state index contributed by atoms with van der Waals surface area (Å²) in [5.74, 6) is 1.95. The van der Waals surface area contributed by atoms with Crippen LogP contribution >= 0.6 is 0 Å². The van der Waals surface area contributed by atoms with Gasteiger partial charge in [0.2, 0.25) is 0 Å². The molecule has 2 aliphatic rings. The third-order valence-corrected chi connectivity index (χ3v) is 4.30. The molecule has 0 aromatic rings. The minimum Gasteiger partial charge on any atom is -0.311 e. The fourth-order valence-corrected chi connectivity index (χ4v) is 2.66. The van der Waals surface area contributed by atoms with Gasteiger partial charge in [-0.05, 0) is 43.4 Å². The van der Waals surface area contributed by atoms with Crippen LogP contribution < -0.4 is 5.32 Å². The Balaban J connectivity index is 1.78. The molecule has 2 rings (SSSR count). The molecule has 0 radical (unpaired) electrons. The third kappa shape index (κ3) is 1.76. The summed E-state index contributed by atoms with van der Waals surface area (Å²) in [6, 6.07) is 1.54. The van der Waals surface area contributed by atoms with E-state index in [0.717, 1.165) is 23.9 Å². The first-order valence-corrected chi connectivity index (χ1v) is 5.77. The summed E-state index contributed by atoms with van der Waals surface area (Å²) in [6.45, 7) is 9.51. The Labute approximate surface area is 82.3 Å². The van der Waals surface area contributed by atoms with Gasteiger partial charge in [0.15, 0.2) is 0 Å². The van der Waals surface area contributed by atoms with Gasteiger partial charge in [-0.3, -0.25) is 0 Å². The zero-order valence-electron chi connectivity index (χ0n) is 9.43. The quantitative estimate of drug-likeness (QED) is 0.706. The molecule has 1 heteroatoms. The average Bonchev–Trinajstić information content (AvgIpc) is 2.76. The standard InChI is InChI=1S/C12H23N/c1-8-7-10(8)9(2)13-11-5-6-12(11,3)4/h8-11,13H,5-7H2,1-4H3. The van der Waals surface area contributed by atoms with Gasteiger partial charge in [-0.1, -0.05) is 20.8 Å². The first-order valence-electron chi connectivity index (χ1n) is 5.77. The molecule has 0 amide bonds. The van der Waals surface area contributed by atoms with Crippen molar-refractivity contribution in [2.75, 3.05) is 0 Å². The van der Waals surface area contributed by atoms with E-state index in [9.17, 15) is 0 Å². The highest BCUT2D eigenvalue weighted by molar-refractivity contribution is 4.98. The zero-order chi connectivity index (χ0) is 9.64. The van der Waals surface area contributed by atoms with Crippen LogP contribution in [-0.2, 0) is 0 Å². The van der Waals surface area contributed by atoms with Crippen molar-refractivity contribution in [3.05, 3.63) is 0 Å². The van der Waals surface area contributed by atoms with Crippen molar-refractivity contribution in [3.63, 3.8) is 0 Å². The Hall–Kier alpha value is -0.0400. The van der Waals surface area contributed by atoms with Crippen LogP contribution in [0.5, 0.6) is 0 Å². The van der Waals surface area contributed by atoms with Crippen molar-refractivity contribution in [2.24, 2.45) is 17.3 Å². The van der Waals surface area contributed by atoms with E-state index in [1.165, 1.54) is 19.3 Å². The topological polar surface area (TPSA) is 12.0 Å². The summed E-state index contributed by atoms with van der Waals surface area (Å²) in [7, 11) is 0. The predicted molar refractivity (Wildman–Crippen MR) is 56.7 cm³/mol. The molecule has 4 atom stereocenters. The van der Waals surface area contributed by atoms with Crippen LogP contribution in [0.4, 0.5) is 0 Å². The number of rotatable bonds is 3. The monoisotopic (exact) mass is 181 g/mol. The zero-order valence-corrected chi connectivity index (χ0v) is 9.43. The number of hydrogen-bond acceptors (Lipinski definition) is 1. The second kappa shape index (κ2) is 2.98. The van der Waals surface area contributed by atoms with Crippen molar-refractivity contribution in [2.45, 2.75) is 59.0 Å². The molecule has 76 valence electrons. The smallest absolute Gasteiger partial charge is 0.0121 e. The van der Waals surface area contributed by atoms with Crippen molar-refractivity contribution >= 4 is 0 Å². The van der Waals surface area contributed by atoms with Crippen LogP contribution in [0.3, 0.4) is 0 Å². The maximum atomic E-state index is 3.80. The fourth-order valence-electron chi connectivity index (χ4n) is 2.66. The molecular weight excluding hydrogens is 158 g/mol. The van der Waals surface area contributed by atoms with Crippen molar-refractivity contribution < 1.29 is 0 Å². The lowest BCUT2D eigenvalue weighted by Gasteiger charge is -2.46. The molecule has 0 aromatic heterocycles. The Bertz CT molecular complexity index is 197. The Kier molecular flexibility index (Phi) is 2.18. The molecule has 0 bridgehead atoms. The van der Waals surface area contributed by atoms with Crippen molar-refractivity contribution in [1.82, 2.24) is 5.32 Å². The molecule has 4 unspecified atom stereocenters. The highest BCUT2D eigenvalue weighted by atomic mass is 15.0. The van der Waals surface area contributed by atoms with Gasteiger partial charge < -0.3 is 5.32 Å². The second-order valence-corrected chi connectivity index (χ2v) is 5.91. The molecular formula is C12H23N. The molecule has 1 nitrogen and oxygen atoms in total. The number of nitrogens with one attached hydrogen (secondary N) is 1. The maximum absolute atomic E-state index is 3.80. The summed E-state index contributed by atoms with van der Waals surface area (Å²) in [5.41, 5.74) is 0.562. The van der Waals surface area contributed by atoms with Gasteiger partial charge in [-0.15, -0.1) is 0 Å². The predicted octanol–water partition coefficient (Wildman–Crippen LogP) is 2.81. The van der Waals surface area contributed by atoms with Crippen LogP contribution in [-0.4, -0.2) is 12.1 Å². The van der Waals surface area contributed by atoms with E-state index in [1.807, 2.05) is 0 Å². The first kappa shape index (κ1) is 9.51. The molecule has 0 spiro atoms. The van der Waals surface area contributed by atoms with E-state index in [0.29, 0.717) is 5.41 Å². The van der Waals surface area contributed by atoms with E-state index < -0.39 is 0 Å². The Morgan fingerprint density at radius 3 is 2.31 bits per heavy atom. The minimum absolute atomic E-state index is 0.562. The molecule has 13 heavy (non-hydrogen) atoms. The molecule has 0 aliphatic heterocycles. The highest BCUT2D eigenvalue weighted by Crippen LogP contribution is 2.44. The lowest BCUT2D eigenvalue weighted by atomic mass is 9.67. The van der Waals surface area contributed by atoms with Crippen molar-refractivity contribution in [3.8, 4) is 0 Å². The van der Waals surface area contributed by atoms with E-state index in [4.69, 9.17) is 0 Å². The molecule has 2 fully saturated rings. The molecule has 0 aromatic carbocycles. The van der Waals surface area contributed by atoms with Crippen LogP contribution in [0, 0.1) is 17.3 Å². The fraction of sp³-hybridized carbons (Fsp3) is 1.00. The normalized spacial score (nSPS) is 43.8. The molecule has 0 saturated heterocycles. The van der Waals surface area contributed by atoms with Gasteiger partial charge in [-0.25, -0.2) is 0 Å². The molecule has 1 N–H and O–H groups in total. The Morgan fingerprint density at radius 1 is 1.38 bits per heavy atom. The van der Waals surface area contributed by atoms with E-state index in [2.05, 4.69) is 33.0 Å². The van der Waals surface area contributed by atoms with Gasteiger partial charge in [-0.2, -0.15) is 0 Å². The third-order valence-electron chi connectivity index (χ3n) is 4.30. The number of hydrogen-bond donors (Lipinski definition) is 1. The second-order valence-electron chi connectivity index (χ2n) is 5.91. The van der Waals surface area contributed by atoms with Gasteiger partial charge in [0.1, 0.15) is 0 Å². The van der Waals surface area contributed by atoms with Gasteiger partial charge in [0.05, 0.1) is 0 Å². The molecule has 2 saturated carbocycles.